The van der Waals surface area contributed by atoms with Crippen molar-refractivity contribution in [1.82, 2.24) is 0 Å². The Morgan fingerprint density at radius 2 is 1.48 bits per heavy atom. The van der Waals surface area contributed by atoms with E-state index in [2.05, 4.69) is 15.9 Å². The smallest absolute Gasteiger partial charge is 0.343 e. The Labute approximate surface area is 177 Å². The van der Waals surface area contributed by atoms with Crippen molar-refractivity contribution in [2.75, 3.05) is 18.5 Å². The number of halogens is 1. The molecule has 0 saturated heterocycles. The van der Waals surface area contributed by atoms with Gasteiger partial charge in [0.1, 0.15) is 11.5 Å². The zero-order valence-corrected chi connectivity index (χ0v) is 18.1. The molecular formula is C21H18BrNO5S. The molecule has 0 aliphatic heterocycles. The monoisotopic (exact) mass is 475 g/mol. The Balaban J connectivity index is 1.83. The van der Waals surface area contributed by atoms with E-state index < -0.39 is 16.0 Å². The highest BCUT2D eigenvalue weighted by Crippen LogP contribution is 2.31. The van der Waals surface area contributed by atoms with Crippen molar-refractivity contribution in [2.24, 2.45) is 0 Å². The van der Waals surface area contributed by atoms with Crippen molar-refractivity contribution in [3.8, 4) is 11.5 Å². The van der Waals surface area contributed by atoms with Crippen LogP contribution >= 0.6 is 15.9 Å². The third-order valence-corrected chi connectivity index (χ3v) is 6.65. The molecule has 3 aromatic carbocycles. The molecule has 0 atom stereocenters. The average molecular weight is 476 g/mol. The van der Waals surface area contributed by atoms with Gasteiger partial charge in [-0.15, -0.1) is 0 Å². The fourth-order valence-electron chi connectivity index (χ4n) is 2.63. The first-order valence-electron chi connectivity index (χ1n) is 8.53. The lowest BCUT2D eigenvalue weighted by Crippen LogP contribution is -2.27. The van der Waals surface area contributed by atoms with Gasteiger partial charge in [-0.25, -0.2) is 13.2 Å². The van der Waals surface area contributed by atoms with Crippen LogP contribution < -0.4 is 13.8 Å². The van der Waals surface area contributed by atoms with Crippen LogP contribution in [0.5, 0.6) is 11.5 Å². The summed E-state index contributed by atoms with van der Waals surface area (Å²) < 4.78 is 38.3. The van der Waals surface area contributed by atoms with Crippen LogP contribution in [0.25, 0.3) is 0 Å². The first kappa shape index (κ1) is 20.9. The van der Waals surface area contributed by atoms with Gasteiger partial charge in [-0.3, -0.25) is 4.31 Å². The van der Waals surface area contributed by atoms with Crippen molar-refractivity contribution in [2.45, 2.75) is 4.90 Å². The topological polar surface area (TPSA) is 72.9 Å². The van der Waals surface area contributed by atoms with E-state index in [1.54, 1.807) is 48.5 Å². The number of carbonyl (C=O) groups is 1. The molecule has 0 spiro atoms. The number of rotatable bonds is 6. The van der Waals surface area contributed by atoms with Crippen LogP contribution in [0.15, 0.2) is 82.2 Å². The second-order valence-electron chi connectivity index (χ2n) is 5.99. The third kappa shape index (κ3) is 4.44. The summed E-state index contributed by atoms with van der Waals surface area (Å²) in [4.78, 5) is 12.4. The molecule has 0 saturated carbocycles. The van der Waals surface area contributed by atoms with Gasteiger partial charge in [-0.1, -0.05) is 24.3 Å². The summed E-state index contributed by atoms with van der Waals surface area (Å²) in [5, 5.41) is 0. The highest BCUT2D eigenvalue weighted by molar-refractivity contribution is 9.10. The molecule has 0 heterocycles. The van der Waals surface area contributed by atoms with Crippen LogP contribution in [0.1, 0.15) is 10.4 Å². The molecule has 3 rings (SSSR count). The molecule has 0 radical (unpaired) electrons. The molecule has 0 fully saturated rings. The molecule has 29 heavy (non-hydrogen) atoms. The minimum atomic E-state index is -3.84. The molecule has 6 nitrogen and oxygen atoms in total. The predicted molar refractivity (Wildman–Crippen MR) is 114 cm³/mol. The molecule has 0 aliphatic rings. The Kier molecular flexibility index (Phi) is 6.24. The maximum absolute atomic E-state index is 13.0. The van der Waals surface area contributed by atoms with Crippen LogP contribution in [0, 0.1) is 0 Å². The fourth-order valence-corrected chi connectivity index (χ4v) is 4.20. The molecule has 0 unspecified atom stereocenters. The van der Waals surface area contributed by atoms with Crippen LogP contribution in [0.3, 0.4) is 0 Å². The van der Waals surface area contributed by atoms with Gasteiger partial charge in [0.15, 0.2) is 0 Å². The SMILES string of the molecule is COc1ccccc1N(C)S(=O)(=O)c1ccc(C(=O)Oc2ccccc2Br)cc1. The highest BCUT2D eigenvalue weighted by atomic mass is 79.9. The predicted octanol–water partition coefficient (Wildman–Crippen LogP) is 4.50. The van der Waals surface area contributed by atoms with Gasteiger partial charge < -0.3 is 9.47 Å². The summed E-state index contributed by atoms with van der Waals surface area (Å²) in [7, 11) is -0.915. The van der Waals surface area contributed by atoms with Crippen molar-refractivity contribution in [3.05, 3.63) is 82.8 Å². The summed E-state index contributed by atoms with van der Waals surface area (Å²) >= 11 is 3.31. The molecule has 150 valence electrons. The number of hydrogen-bond acceptors (Lipinski definition) is 5. The quantitative estimate of drug-likeness (QED) is 0.387. The molecule has 0 aromatic heterocycles. The van der Waals surface area contributed by atoms with Crippen molar-refractivity contribution < 1.29 is 22.7 Å². The van der Waals surface area contributed by atoms with Gasteiger partial charge in [0.25, 0.3) is 10.0 Å². The van der Waals surface area contributed by atoms with E-state index in [1.165, 1.54) is 38.4 Å². The standard InChI is InChI=1S/C21H18BrNO5S/c1-23(18-8-4-6-10-20(18)27-2)29(25,26)16-13-11-15(12-14-16)21(24)28-19-9-5-3-7-17(19)22/h3-14H,1-2H3. The molecule has 8 heteroatoms. The second-order valence-corrected chi connectivity index (χ2v) is 8.81. The normalized spacial score (nSPS) is 11.0. The van der Waals surface area contributed by atoms with Crippen LogP contribution in [-0.2, 0) is 10.0 Å². The number of methoxy groups -OCH3 is 1. The summed E-state index contributed by atoms with van der Waals surface area (Å²) in [5.74, 6) is 0.233. The van der Waals surface area contributed by atoms with E-state index in [-0.39, 0.29) is 10.5 Å². The number of nitrogens with zero attached hydrogens (tertiary/aromatic N) is 1. The van der Waals surface area contributed by atoms with Gasteiger partial charge in [-0.05, 0) is 64.5 Å². The zero-order chi connectivity index (χ0) is 21.0. The van der Waals surface area contributed by atoms with Crippen LogP contribution in [0.4, 0.5) is 5.69 Å². The average Bonchev–Trinajstić information content (AvgIpc) is 2.74. The first-order valence-corrected chi connectivity index (χ1v) is 10.8. The minimum absolute atomic E-state index is 0.0448. The van der Waals surface area contributed by atoms with Gasteiger partial charge >= 0.3 is 5.97 Å². The van der Waals surface area contributed by atoms with Gasteiger partial charge in [0.2, 0.25) is 0 Å². The highest BCUT2D eigenvalue weighted by Gasteiger charge is 2.24. The lowest BCUT2D eigenvalue weighted by Gasteiger charge is -2.21. The van der Waals surface area contributed by atoms with Gasteiger partial charge in [0.05, 0.1) is 27.7 Å². The zero-order valence-electron chi connectivity index (χ0n) is 15.7. The van der Waals surface area contributed by atoms with E-state index in [0.29, 0.717) is 21.7 Å². The van der Waals surface area contributed by atoms with E-state index in [4.69, 9.17) is 9.47 Å². The summed E-state index contributed by atoms with van der Waals surface area (Å²) in [6, 6.07) is 19.4. The number of benzene rings is 3. The summed E-state index contributed by atoms with van der Waals surface area (Å²) in [5.41, 5.74) is 0.645. The molecule has 0 amide bonds. The van der Waals surface area contributed by atoms with Crippen LogP contribution in [-0.4, -0.2) is 28.5 Å². The summed E-state index contributed by atoms with van der Waals surface area (Å²) in [6.07, 6.45) is 0. The maximum Gasteiger partial charge on any atom is 0.343 e. The minimum Gasteiger partial charge on any atom is -0.495 e. The lowest BCUT2D eigenvalue weighted by atomic mass is 10.2. The lowest BCUT2D eigenvalue weighted by molar-refractivity contribution is 0.0733. The van der Waals surface area contributed by atoms with Crippen molar-refractivity contribution >= 4 is 37.6 Å². The van der Waals surface area contributed by atoms with E-state index in [9.17, 15) is 13.2 Å². The number of hydrogen-bond donors (Lipinski definition) is 0. The Hall–Kier alpha value is -2.84. The third-order valence-electron chi connectivity index (χ3n) is 4.21. The maximum atomic E-state index is 13.0. The number of para-hydroxylation sites is 3. The van der Waals surface area contributed by atoms with Gasteiger partial charge in [-0.2, -0.15) is 0 Å². The number of ether oxygens (including phenoxy) is 2. The van der Waals surface area contributed by atoms with E-state index >= 15 is 0 Å². The fraction of sp³-hybridized carbons (Fsp3) is 0.0952. The van der Waals surface area contributed by atoms with E-state index in [0.717, 1.165) is 4.31 Å². The molecule has 0 bridgehead atoms. The van der Waals surface area contributed by atoms with Crippen molar-refractivity contribution in [1.29, 1.82) is 0 Å². The second kappa shape index (κ2) is 8.67. The Morgan fingerprint density at radius 3 is 2.10 bits per heavy atom. The number of anilines is 1. The Bertz CT molecular complexity index is 1130. The molecule has 0 aliphatic carbocycles. The number of sulfonamides is 1. The molecule has 3 aromatic rings. The first-order chi connectivity index (χ1) is 13.8. The number of esters is 1. The number of carbonyl (C=O) groups excluding carboxylic acids is 1. The Morgan fingerprint density at radius 1 is 0.897 bits per heavy atom. The molecular weight excluding hydrogens is 458 g/mol. The van der Waals surface area contributed by atoms with E-state index in [1.807, 2.05) is 0 Å². The molecule has 0 N–H and O–H groups in total. The largest absolute Gasteiger partial charge is 0.495 e. The summed E-state index contributed by atoms with van der Waals surface area (Å²) in [6.45, 7) is 0. The van der Waals surface area contributed by atoms with Gasteiger partial charge in [0, 0.05) is 7.05 Å². The van der Waals surface area contributed by atoms with Crippen molar-refractivity contribution in [3.63, 3.8) is 0 Å². The van der Waals surface area contributed by atoms with Crippen LogP contribution in [0.2, 0.25) is 0 Å².